The normalized spacial score (nSPS) is 11.7. The lowest BCUT2D eigenvalue weighted by Crippen LogP contribution is -2.22. The predicted octanol–water partition coefficient (Wildman–Crippen LogP) is 5.07. The van der Waals surface area contributed by atoms with Gasteiger partial charge < -0.3 is 10.4 Å². The quantitative estimate of drug-likeness (QED) is 0.308. The van der Waals surface area contributed by atoms with Crippen LogP contribution in [0, 0.1) is 6.92 Å². The molecule has 3 N–H and O–H groups in total. The zero-order valence-electron chi connectivity index (χ0n) is 18.2. The number of thioether (sulfide) groups is 1. The van der Waals surface area contributed by atoms with Gasteiger partial charge in [-0.25, -0.2) is 4.79 Å². The number of benzene rings is 3. The second kappa shape index (κ2) is 10.0. The highest BCUT2D eigenvalue weighted by Gasteiger charge is 2.18. The Hall–Kier alpha value is -3.76. The number of nitrogens with zero attached hydrogens (tertiary/aromatic N) is 2. The molecule has 1 atom stereocenters. The van der Waals surface area contributed by atoms with Crippen molar-refractivity contribution in [3.05, 3.63) is 76.8 Å². The summed E-state index contributed by atoms with van der Waals surface area (Å²) in [5.74, 6) is -1.72. The summed E-state index contributed by atoms with van der Waals surface area (Å²) < 4.78 is 0. The lowest BCUT2D eigenvalue weighted by atomic mass is 9.98. The van der Waals surface area contributed by atoms with Gasteiger partial charge in [-0.2, -0.15) is 0 Å². The number of anilines is 2. The summed E-state index contributed by atoms with van der Waals surface area (Å²) in [5.41, 5.74) is 0.874. The standard InChI is InChI=1S/C24H20N4O4S2/c1-13(21(29)26-24-28-27-14(2)34-24)33-17-9-5-8-16(12-17)25-22(30)18-10-3-6-15-7-4-11-19(20(15)18)23(31)32/h3-13H,1-2H3,(H,25,30)(H,31,32)(H,26,28,29). The van der Waals surface area contributed by atoms with E-state index < -0.39 is 17.1 Å². The molecular formula is C24H20N4O4S2. The third kappa shape index (κ3) is 5.24. The second-order valence-corrected chi connectivity index (χ2v) is 9.97. The van der Waals surface area contributed by atoms with Crippen molar-refractivity contribution in [2.24, 2.45) is 0 Å². The van der Waals surface area contributed by atoms with Crippen LogP contribution in [0.2, 0.25) is 0 Å². The maximum atomic E-state index is 13.1. The van der Waals surface area contributed by atoms with Crippen molar-refractivity contribution in [3.63, 3.8) is 0 Å². The monoisotopic (exact) mass is 492 g/mol. The molecule has 1 heterocycles. The van der Waals surface area contributed by atoms with Crippen molar-refractivity contribution in [2.45, 2.75) is 24.0 Å². The summed E-state index contributed by atoms with van der Waals surface area (Å²) in [6.45, 7) is 3.59. The van der Waals surface area contributed by atoms with E-state index in [9.17, 15) is 19.5 Å². The maximum absolute atomic E-state index is 13.1. The van der Waals surface area contributed by atoms with Crippen molar-refractivity contribution < 1.29 is 19.5 Å². The average Bonchev–Trinajstić information content (AvgIpc) is 3.22. The van der Waals surface area contributed by atoms with Crippen molar-refractivity contribution in [1.29, 1.82) is 0 Å². The summed E-state index contributed by atoms with van der Waals surface area (Å²) in [4.78, 5) is 38.0. The third-order valence-corrected chi connectivity index (χ3v) is 6.76. The summed E-state index contributed by atoms with van der Waals surface area (Å²) in [5, 5.41) is 24.8. The van der Waals surface area contributed by atoms with Gasteiger partial charge in [0.05, 0.1) is 10.8 Å². The number of aromatic carboxylic acids is 1. The molecule has 0 saturated carbocycles. The van der Waals surface area contributed by atoms with Crippen molar-refractivity contribution in [1.82, 2.24) is 10.2 Å². The van der Waals surface area contributed by atoms with Crippen LogP contribution in [0.15, 0.2) is 65.6 Å². The zero-order chi connectivity index (χ0) is 24.2. The lowest BCUT2D eigenvalue weighted by Gasteiger charge is -2.13. The van der Waals surface area contributed by atoms with E-state index >= 15 is 0 Å². The first-order valence-electron chi connectivity index (χ1n) is 10.3. The number of carbonyl (C=O) groups excluding carboxylic acids is 2. The van der Waals surface area contributed by atoms with E-state index in [1.54, 1.807) is 55.5 Å². The SMILES string of the molecule is Cc1nnc(NC(=O)C(C)Sc2cccc(NC(=O)c3cccc4cccc(C(=O)O)c34)c2)s1. The number of hydrogen-bond acceptors (Lipinski definition) is 7. The highest BCUT2D eigenvalue weighted by molar-refractivity contribution is 8.00. The number of amides is 2. The molecule has 0 bridgehead atoms. The minimum absolute atomic E-state index is 0.0676. The molecule has 8 nitrogen and oxygen atoms in total. The van der Waals surface area contributed by atoms with Gasteiger partial charge in [-0.3, -0.25) is 14.9 Å². The minimum atomic E-state index is -1.10. The van der Waals surface area contributed by atoms with Gasteiger partial charge >= 0.3 is 5.97 Å². The summed E-state index contributed by atoms with van der Waals surface area (Å²) >= 11 is 2.64. The Morgan fingerprint density at radius 1 is 0.971 bits per heavy atom. The van der Waals surface area contributed by atoms with E-state index in [2.05, 4.69) is 20.8 Å². The van der Waals surface area contributed by atoms with Gasteiger partial charge in [-0.1, -0.05) is 41.7 Å². The molecule has 10 heteroatoms. The second-order valence-electron chi connectivity index (χ2n) is 7.37. The molecule has 4 rings (SSSR count). The van der Waals surface area contributed by atoms with E-state index in [-0.39, 0.29) is 17.0 Å². The highest BCUT2D eigenvalue weighted by Crippen LogP contribution is 2.28. The number of carboxylic acid groups (broad SMARTS) is 1. The van der Waals surface area contributed by atoms with Crippen LogP contribution >= 0.6 is 23.1 Å². The zero-order valence-corrected chi connectivity index (χ0v) is 19.9. The molecule has 172 valence electrons. The maximum Gasteiger partial charge on any atom is 0.336 e. The van der Waals surface area contributed by atoms with Gasteiger partial charge in [0.25, 0.3) is 5.91 Å². The number of carbonyl (C=O) groups is 3. The van der Waals surface area contributed by atoms with Crippen molar-refractivity contribution in [3.8, 4) is 0 Å². The smallest absolute Gasteiger partial charge is 0.336 e. The van der Waals surface area contributed by atoms with Crippen LogP contribution in [-0.4, -0.2) is 38.3 Å². The summed E-state index contributed by atoms with van der Waals surface area (Å²) in [6.07, 6.45) is 0. The van der Waals surface area contributed by atoms with Crippen LogP contribution in [0.5, 0.6) is 0 Å². The highest BCUT2D eigenvalue weighted by atomic mass is 32.2. The van der Waals surface area contributed by atoms with Gasteiger partial charge in [-0.05, 0) is 49.6 Å². The molecule has 4 aromatic rings. The molecular weight excluding hydrogens is 472 g/mol. The van der Waals surface area contributed by atoms with E-state index in [4.69, 9.17) is 0 Å². The molecule has 0 aliphatic carbocycles. The average molecular weight is 493 g/mol. The van der Waals surface area contributed by atoms with Crippen molar-refractivity contribution in [2.75, 3.05) is 10.6 Å². The largest absolute Gasteiger partial charge is 0.478 e. The lowest BCUT2D eigenvalue weighted by molar-refractivity contribution is -0.115. The molecule has 0 radical (unpaired) electrons. The molecule has 34 heavy (non-hydrogen) atoms. The van der Waals surface area contributed by atoms with Crippen molar-refractivity contribution >= 4 is 62.5 Å². The molecule has 1 aromatic heterocycles. The minimum Gasteiger partial charge on any atom is -0.478 e. The van der Waals surface area contributed by atoms with Gasteiger partial charge in [-0.15, -0.1) is 22.0 Å². The predicted molar refractivity (Wildman–Crippen MR) is 134 cm³/mol. The van der Waals surface area contributed by atoms with Gasteiger partial charge in [0.1, 0.15) is 5.01 Å². The van der Waals surface area contributed by atoms with E-state index in [1.165, 1.54) is 29.2 Å². The summed E-state index contributed by atoms with van der Waals surface area (Å²) in [6, 6.07) is 17.1. The Morgan fingerprint density at radius 2 is 1.68 bits per heavy atom. The Morgan fingerprint density at radius 3 is 2.35 bits per heavy atom. The number of carboxylic acids is 1. The van der Waals surface area contributed by atoms with Crippen LogP contribution in [0.25, 0.3) is 10.8 Å². The van der Waals surface area contributed by atoms with Crippen LogP contribution < -0.4 is 10.6 Å². The Balaban J connectivity index is 1.50. The first-order valence-corrected chi connectivity index (χ1v) is 12.0. The van der Waals surface area contributed by atoms with E-state index in [1.807, 2.05) is 13.0 Å². The third-order valence-electron chi connectivity index (χ3n) is 4.91. The number of fused-ring (bicyclic) bond motifs is 1. The molecule has 3 aromatic carbocycles. The molecule has 0 saturated heterocycles. The number of nitrogens with one attached hydrogen (secondary N) is 2. The molecule has 0 aliphatic heterocycles. The fourth-order valence-corrected chi connectivity index (χ4v) is 4.89. The fraction of sp³-hybridized carbons (Fsp3) is 0.125. The first-order chi connectivity index (χ1) is 16.3. The molecule has 0 spiro atoms. The summed E-state index contributed by atoms with van der Waals surface area (Å²) in [7, 11) is 0. The van der Waals surface area contributed by atoms with E-state index in [0.29, 0.717) is 21.6 Å². The Labute approximate surface area is 203 Å². The molecule has 0 aliphatic rings. The van der Waals surface area contributed by atoms with Crippen LogP contribution in [0.4, 0.5) is 10.8 Å². The van der Waals surface area contributed by atoms with Crippen LogP contribution in [-0.2, 0) is 4.79 Å². The topological polar surface area (TPSA) is 121 Å². The number of aromatic nitrogens is 2. The number of rotatable bonds is 7. The molecule has 1 unspecified atom stereocenters. The van der Waals surface area contributed by atoms with Gasteiger partial charge in [0, 0.05) is 21.5 Å². The van der Waals surface area contributed by atoms with E-state index in [0.717, 1.165) is 9.90 Å². The van der Waals surface area contributed by atoms with Gasteiger partial charge in [0.15, 0.2) is 0 Å². The van der Waals surface area contributed by atoms with Crippen LogP contribution in [0.3, 0.4) is 0 Å². The number of hydrogen-bond donors (Lipinski definition) is 3. The molecule has 2 amide bonds. The Bertz CT molecular complexity index is 1400. The van der Waals surface area contributed by atoms with Gasteiger partial charge in [0.2, 0.25) is 11.0 Å². The first kappa shape index (κ1) is 23.4. The fourth-order valence-electron chi connectivity index (χ4n) is 3.37. The molecule has 0 fully saturated rings. The van der Waals surface area contributed by atoms with Crippen LogP contribution in [0.1, 0.15) is 32.6 Å². The Kier molecular flexibility index (Phi) is 6.90. The number of aryl methyl sites for hydroxylation is 1.